The van der Waals surface area contributed by atoms with Crippen LogP contribution in [0.25, 0.3) is 0 Å². The number of carboxylic acids is 1. The van der Waals surface area contributed by atoms with Gasteiger partial charge in [0.15, 0.2) is 0 Å². The normalized spacial score (nSPS) is 11.8. The fraction of sp³-hybridized carbons (Fsp3) is 0.200. The molecule has 0 radical (unpaired) electrons. The quantitative estimate of drug-likeness (QED) is 0.801. The lowest BCUT2D eigenvalue weighted by Gasteiger charge is -2.07. The van der Waals surface area contributed by atoms with E-state index in [2.05, 4.69) is 0 Å². The van der Waals surface area contributed by atoms with E-state index in [9.17, 15) is 9.18 Å². The van der Waals surface area contributed by atoms with Gasteiger partial charge in [0, 0.05) is 4.90 Å². The van der Waals surface area contributed by atoms with Crippen molar-refractivity contribution < 1.29 is 14.3 Å². The Bertz CT molecular complexity index is 428. The Kier molecular flexibility index (Phi) is 3.69. The first-order valence-corrected chi connectivity index (χ1v) is 5.02. The van der Waals surface area contributed by atoms with Gasteiger partial charge in [0.2, 0.25) is 0 Å². The summed E-state index contributed by atoms with van der Waals surface area (Å²) in [5.74, 6) is -1.62. The maximum absolute atomic E-state index is 13.1. The van der Waals surface area contributed by atoms with Gasteiger partial charge >= 0.3 is 5.97 Å². The first-order chi connectivity index (χ1) is 7.06. The molecule has 0 aliphatic carbocycles. The van der Waals surface area contributed by atoms with Crippen molar-refractivity contribution in [2.24, 2.45) is 0 Å². The molecular weight excluding hydrogens is 217 g/mol. The van der Waals surface area contributed by atoms with Crippen molar-refractivity contribution in [3.05, 3.63) is 29.6 Å². The molecule has 78 valence electrons. The summed E-state index contributed by atoms with van der Waals surface area (Å²) in [6.07, 6.45) is 0. The highest BCUT2D eigenvalue weighted by Crippen LogP contribution is 2.27. The molecule has 15 heavy (non-hydrogen) atoms. The third kappa shape index (κ3) is 2.70. The predicted octanol–water partition coefficient (Wildman–Crippen LogP) is 2.26. The molecule has 0 fully saturated rings. The zero-order valence-electron chi connectivity index (χ0n) is 7.90. The zero-order valence-corrected chi connectivity index (χ0v) is 8.71. The lowest BCUT2D eigenvalue weighted by molar-refractivity contribution is -0.136. The van der Waals surface area contributed by atoms with Crippen LogP contribution in [0.5, 0.6) is 0 Å². The molecule has 1 unspecified atom stereocenters. The van der Waals surface area contributed by atoms with Gasteiger partial charge in [-0.15, -0.1) is 11.8 Å². The third-order valence-electron chi connectivity index (χ3n) is 1.74. The second-order valence-corrected chi connectivity index (χ2v) is 4.21. The second-order valence-electron chi connectivity index (χ2n) is 2.82. The smallest absolute Gasteiger partial charge is 0.316 e. The van der Waals surface area contributed by atoms with E-state index < -0.39 is 17.0 Å². The largest absolute Gasteiger partial charge is 0.480 e. The van der Waals surface area contributed by atoms with Crippen LogP contribution in [0.2, 0.25) is 0 Å². The van der Waals surface area contributed by atoms with Gasteiger partial charge in [0.25, 0.3) is 0 Å². The van der Waals surface area contributed by atoms with E-state index in [1.807, 2.05) is 0 Å². The Morgan fingerprint density at radius 1 is 1.67 bits per heavy atom. The average molecular weight is 225 g/mol. The fourth-order valence-corrected chi connectivity index (χ4v) is 1.85. The molecule has 0 saturated heterocycles. The minimum atomic E-state index is -0.992. The third-order valence-corrected chi connectivity index (χ3v) is 2.89. The molecule has 0 spiro atoms. The molecule has 0 saturated carbocycles. The lowest BCUT2D eigenvalue weighted by Crippen LogP contribution is -2.11. The summed E-state index contributed by atoms with van der Waals surface area (Å²) in [7, 11) is 0. The second kappa shape index (κ2) is 4.80. The molecule has 1 atom stereocenters. The Hall–Kier alpha value is -1.54. The minimum absolute atomic E-state index is 0.101. The van der Waals surface area contributed by atoms with Crippen LogP contribution in [0.15, 0.2) is 23.1 Å². The van der Waals surface area contributed by atoms with Crippen molar-refractivity contribution in [2.45, 2.75) is 17.1 Å². The molecule has 1 aromatic rings. The molecular formula is C10H8FNO2S. The first-order valence-electron chi connectivity index (χ1n) is 4.14. The standard InChI is InChI=1S/C10H8FNO2S/c1-6(10(13)14)15-9-4-2-3-8(11)7(9)5-12/h2-4,6H,1H3,(H,13,14). The summed E-state index contributed by atoms with van der Waals surface area (Å²) in [5, 5.41) is 16.7. The SMILES string of the molecule is CC(Sc1cccc(F)c1C#N)C(=O)O. The van der Waals surface area contributed by atoms with Crippen LogP contribution in [0.1, 0.15) is 12.5 Å². The monoisotopic (exact) mass is 225 g/mol. The molecule has 0 aliphatic rings. The van der Waals surface area contributed by atoms with Crippen molar-refractivity contribution in [1.82, 2.24) is 0 Å². The molecule has 5 heteroatoms. The molecule has 0 aromatic heterocycles. The fourth-order valence-electron chi connectivity index (χ4n) is 0.952. The number of nitrogens with zero attached hydrogens (tertiary/aromatic N) is 1. The van der Waals surface area contributed by atoms with E-state index in [1.165, 1.54) is 25.1 Å². The van der Waals surface area contributed by atoms with Gasteiger partial charge in [-0.05, 0) is 19.1 Å². The van der Waals surface area contributed by atoms with Gasteiger partial charge < -0.3 is 5.11 Å². The van der Waals surface area contributed by atoms with Gasteiger partial charge in [-0.1, -0.05) is 6.07 Å². The van der Waals surface area contributed by atoms with Crippen molar-refractivity contribution >= 4 is 17.7 Å². The summed E-state index contributed by atoms with van der Waals surface area (Å²) in [4.78, 5) is 10.9. The molecule has 0 amide bonds. The number of hydrogen-bond donors (Lipinski definition) is 1. The lowest BCUT2D eigenvalue weighted by atomic mass is 10.2. The van der Waals surface area contributed by atoms with Crippen LogP contribution in [0.3, 0.4) is 0 Å². The van der Waals surface area contributed by atoms with Crippen LogP contribution in [0, 0.1) is 17.1 Å². The Morgan fingerprint density at radius 3 is 2.87 bits per heavy atom. The number of nitriles is 1. The summed E-state index contributed by atoms with van der Waals surface area (Å²) in [5.41, 5.74) is -0.101. The van der Waals surface area contributed by atoms with Gasteiger partial charge in [-0.2, -0.15) is 5.26 Å². The van der Waals surface area contributed by atoms with E-state index in [0.717, 1.165) is 11.8 Å². The van der Waals surface area contributed by atoms with E-state index in [1.54, 1.807) is 6.07 Å². The minimum Gasteiger partial charge on any atom is -0.480 e. The van der Waals surface area contributed by atoms with Crippen LogP contribution in [0.4, 0.5) is 4.39 Å². The summed E-state index contributed by atoms with van der Waals surface area (Å²) >= 11 is 0.955. The van der Waals surface area contributed by atoms with Crippen LogP contribution in [-0.4, -0.2) is 16.3 Å². The van der Waals surface area contributed by atoms with Crippen molar-refractivity contribution in [3.8, 4) is 6.07 Å². The first kappa shape index (κ1) is 11.5. The van der Waals surface area contributed by atoms with Crippen molar-refractivity contribution in [2.75, 3.05) is 0 Å². The highest BCUT2D eigenvalue weighted by molar-refractivity contribution is 8.00. The van der Waals surface area contributed by atoms with Crippen molar-refractivity contribution in [1.29, 1.82) is 5.26 Å². The maximum Gasteiger partial charge on any atom is 0.316 e. The predicted molar refractivity (Wildman–Crippen MR) is 54.1 cm³/mol. The maximum atomic E-state index is 13.1. The number of thioether (sulfide) groups is 1. The van der Waals surface area contributed by atoms with Crippen LogP contribution >= 0.6 is 11.8 Å². The highest BCUT2D eigenvalue weighted by atomic mass is 32.2. The highest BCUT2D eigenvalue weighted by Gasteiger charge is 2.16. The van der Waals surface area contributed by atoms with Crippen LogP contribution in [-0.2, 0) is 4.79 Å². The summed E-state index contributed by atoms with van der Waals surface area (Å²) < 4.78 is 13.1. The number of carbonyl (C=O) groups is 1. The van der Waals surface area contributed by atoms with Gasteiger partial charge in [-0.25, -0.2) is 4.39 Å². The Balaban J connectivity index is 3.01. The molecule has 0 aliphatic heterocycles. The van der Waals surface area contributed by atoms with Gasteiger partial charge in [0.05, 0.1) is 0 Å². The van der Waals surface area contributed by atoms with Crippen molar-refractivity contribution in [3.63, 3.8) is 0 Å². The van der Waals surface area contributed by atoms with E-state index in [4.69, 9.17) is 10.4 Å². The Morgan fingerprint density at radius 2 is 2.33 bits per heavy atom. The number of benzene rings is 1. The van der Waals surface area contributed by atoms with Gasteiger partial charge in [-0.3, -0.25) is 4.79 Å². The van der Waals surface area contributed by atoms with E-state index in [0.29, 0.717) is 4.90 Å². The number of rotatable bonds is 3. The number of aliphatic carboxylic acids is 1. The van der Waals surface area contributed by atoms with E-state index in [-0.39, 0.29) is 5.56 Å². The van der Waals surface area contributed by atoms with Gasteiger partial charge in [0.1, 0.15) is 22.7 Å². The van der Waals surface area contributed by atoms with Crippen LogP contribution < -0.4 is 0 Å². The number of carboxylic acid groups (broad SMARTS) is 1. The molecule has 3 nitrogen and oxygen atoms in total. The summed E-state index contributed by atoms with van der Waals surface area (Å²) in [6.45, 7) is 1.49. The molecule has 0 heterocycles. The summed E-state index contributed by atoms with van der Waals surface area (Å²) in [6, 6.07) is 5.88. The number of halogens is 1. The van der Waals surface area contributed by atoms with E-state index >= 15 is 0 Å². The zero-order chi connectivity index (χ0) is 11.4. The molecule has 1 rings (SSSR count). The Labute approximate surface area is 90.5 Å². The topological polar surface area (TPSA) is 61.1 Å². The number of hydrogen-bond acceptors (Lipinski definition) is 3. The average Bonchev–Trinajstić information content (AvgIpc) is 2.18. The molecule has 1 N–H and O–H groups in total. The molecule has 0 bridgehead atoms. The molecule has 1 aromatic carbocycles.